The summed E-state index contributed by atoms with van der Waals surface area (Å²) >= 11 is 0. The Kier molecular flexibility index (Phi) is 5.92. The summed E-state index contributed by atoms with van der Waals surface area (Å²) in [6.07, 6.45) is 3.94. The third-order valence-corrected chi connectivity index (χ3v) is 3.93. The minimum atomic E-state index is -0.627. The van der Waals surface area contributed by atoms with E-state index in [1.165, 1.54) is 0 Å². The second kappa shape index (κ2) is 6.14. The van der Waals surface area contributed by atoms with E-state index in [1.54, 1.807) is 0 Å². The van der Waals surface area contributed by atoms with Crippen molar-refractivity contribution in [1.29, 1.82) is 0 Å². The van der Waals surface area contributed by atoms with Crippen LogP contribution in [0.2, 0.25) is 0 Å². The number of carboxylic acids is 1. The summed E-state index contributed by atoms with van der Waals surface area (Å²) in [6, 6.07) is 0. The zero-order valence-electron chi connectivity index (χ0n) is 10.8. The van der Waals surface area contributed by atoms with Gasteiger partial charge in [-0.3, -0.25) is 4.79 Å². The van der Waals surface area contributed by atoms with Crippen LogP contribution < -0.4 is 0 Å². The largest absolute Gasteiger partial charge is 0.481 e. The third kappa shape index (κ3) is 4.23. The van der Waals surface area contributed by atoms with Crippen LogP contribution in [0.5, 0.6) is 0 Å². The van der Waals surface area contributed by atoms with E-state index in [9.17, 15) is 9.90 Å². The lowest BCUT2D eigenvalue weighted by molar-refractivity contribution is -0.145. The van der Waals surface area contributed by atoms with E-state index in [0.29, 0.717) is 0 Å². The van der Waals surface area contributed by atoms with Crippen molar-refractivity contribution >= 4 is 5.97 Å². The first kappa shape index (κ1) is 14.5. The van der Waals surface area contributed by atoms with Gasteiger partial charge in [-0.25, -0.2) is 0 Å². The highest BCUT2D eigenvalue weighted by Crippen LogP contribution is 2.37. The molecule has 0 aromatic heterocycles. The molecule has 0 aromatic carbocycles. The molecule has 1 N–H and O–H groups in total. The fourth-order valence-electron chi connectivity index (χ4n) is 1.88. The zero-order valence-corrected chi connectivity index (χ0v) is 10.8. The van der Waals surface area contributed by atoms with Gasteiger partial charge in [0.05, 0.1) is 5.92 Å². The average molecular weight is 214 g/mol. The average Bonchev–Trinajstić information content (AvgIpc) is 2.17. The standard InChI is InChI=1S/C13H26O2/c1-6-8-9-11(12(14)15)10(3)13(4,5)7-2/h10-11H,6-9H2,1-5H3,(H,14,15). The number of rotatable bonds is 7. The van der Waals surface area contributed by atoms with E-state index in [0.717, 1.165) is 25.7 Å². The van der Waals surface area contributed by atoms with Gasteiger partial charge in [0.15, 0.2) is 0 Å². The van der Waals surface area contributed by atoms with Crippen LogP contribution in [-0.2, 0) is 4.79 Å². The van der Waals surface area contributed by atoms with Crippen molar-refractivity contribution in [2.24, 2.45) is 17.3 Å². The summed E-state index contributed by atoms with van der Waals surface area (Å²) in [5, 5.41) is 9.23. The Morgan fingerprint density at radius 1 is 1.33 bits per heavy atom. The smallest absolute Gasteiger partial charge is 0.306 e. The Hall–Kier alpha value is -0.530. The Bertz CT molecular complexity index is 197. The zero-order chi connectivity index (χ0) is 12.1. The Morgan fingerprint density at radius 2 is 1.87 bits per heavy atom. The maximum Gasteiger partial charge on any atom is 0.306 e. The molecule has 0 aromatic rings. The van der Waals surface area contributed by atoms with Crippen LogP contribution in [0.3, 0.4) is 0 Å². The van der Waals surface area contributed by atoms with Gasteiger partial charge in [-0.1, -0.05) is 53.9 Å². The summed E-state index contributed by atoms with van der Waals surface area (Å²) in [5.41, 5.74) is 0.122. The van der Waals surface area contributed by atoms with E-state index in [1.807, 2.05) is 0 Å². The molecule has 2 unspecified atom stereocenters. The molecule has 2 nitrogen and oxygen atoms in total. The maximum atomic E-state index is 11.2. The van der Waals surface area contributed by atoms with Crippen molar-refractivity contribution in [3.05, 3.63) is 0 Å². The monoisotopic (exact) mass is 214 g/mol. The topological polar surface area (TPSA) is 37.3 Å². The van der Waals surface area contributed by atoms with Gasteiger partial charge in [-0.2, -0.15) is 0 Å². The van der Waals surface area contributed by atoms with E-state index in [2.05, 4.69) is 34.6 Å². The van der Waals surface area contributed by atoms with Crippen molar-refractivity contribution in [3.63, 3.8) is 0 Å². The highest BCUT2D eigenvalue weighted by molar-refractivity contribution is 5.70. The molecule has 90 valence electrons. The van der Waals surface area contributed by atoms with Gasteiger partial charge in [-0.15, -0.1) is 0 Å². The summed E-state index contributed by atoms with van der Waals surface area (Å²) in [6.45, 7) is 10.7. The summed E-state index contributed by atoms with van der Waals surface area (Å²) < 4.78 is 0. The fourth-order valence-corrected chi connectivity index (χ4v) is 1.88. The molecule has 0 bridgehead atoms. The highest BCUT2D eigenvalue weighted by atomic mass is 16.4. The van der Waals surface area contributed by atoms with Crippen molar-refractivity contribution in [1.82, 2.24) is 0 Å². The number of hydrogen-bond acceptors (Lipinski definition) is 1. The van der Waals surface area contributed by atoms with Crippen LogP contribution in [0, 0.1) is 17.3 Å². The lowest BCUT2D eigenvalue weighted by Gasteiger charge is -2.34. The molecule has 15 heavy (non-hydrogen) atoms. The van der Waals surface area contributed by atoms with E-state index in [4.69, 9.17) is 0 Å². The molecule has 0 aliphatic carbocycles. The molecular formula is C13H26O2. The number of aliphatic carboxylic acids is 1. The van der Waals surface area contributed by atoms with Gasteiger partial charge in [0.1, 0.15) is 0 Å². The SMILES string of the molecule is CCCCC(C(=O)O)C(C)C(C)(C)CC. The first-order valence-electron chi connectivity index (χ1n) is 6.09. The molecular weight excluding hydrogens is 188 g/mol. The minimum absolute atomic E-state index is 0.122. The molecule has 0 amide bonds. The Morgan fingerprint density at radius 3 is 2.20 bits per heavy atom. The van der Waals surface area contributed by atoms with Crippen molar-refractivity contribution in [2.75, 3.05) is 0 Å². The highest BCUT2D eigenvalue weighted by Gasteiger charge is 2.34. The van der Waals surface area contributed by atoms with Gasteiger partial charge in [0.2, 0.25) is 0 Å². The fraction of sp³-hybridized carbons (Fsp3) is 0.923. The number of unbranched alkanes of at least 4 members (excludes halogenated alkanes) is 1. The summed E-state index contributed by atoms with van der Waals surface area (Å²) in [5.74, 6) is -0.566. The van der Waals surface area contributed by atoms with E-state index >= 15 is 0 Å². The normalized spacial score (nSPS) is 16.1. The molecule has 0 aliphatic rings. The molecule has 0 saturated heterocycles. The van der Waals surface area contributed by atoms with Crippen molar-refractivity contribution < 1.29 is 9.90 Å². The van der Waals surface area contributed by atoms with Crippen LogP contribution in [0.25, 0.3) is 0 Å². The quantitative estimate of drug-likeness (QED) is 0.696. The molecule has 0 heterocycles. The first-order chi connectivity index (χ1) is 6.86. The maximum absolute atomic E-state index is 11.2. The predicted octanol–water partition coefficient (Wildman–Crippen LogP) is 3.95. The van der Waals surface area contributed by atoms with E-state index < -0.39 is 5.97 Å². The predicted molar refractivity (Wildman–Crippen MR) is 63.9 cm³/mol. The molecule has 2 heteroatoms. The molecule has 0 radical (unpaired) electrons. The van der Waals surface area contributed by atoms with Gasteiger partial charge in [-0.05, 0) is 17.8 Å². The molecule has 0 rings (SSSR count). The third-order valence-electron chi connectivity index (χ3n) is 3.93. The number of carbonyl (C=O) groups is 1. The number of carboxylic acid groups (broad SMARTS) is 1. The number of hydrogen-bond donors (Lipinski definition) is 1. The van der Waals surface area contributed by atoms with Crippen molar-refractivity contribution in [3.8, 4) is 0 Å². The van der Waals surface area contributed by atoms with Gasteiger partial charge in [0, 0.05) is 0 Å². The van der Waals surface area contributed by atoms with E-state index in [-0.39, 0.29) is 17.3 Å². The molecule has 0 aliphatic heterocycles. The van der Waals surface area contributed by atoms with Crippen LogP contribution in [0.1, 0.15) is 60.3 Å². The van der Waals surface area contributed by atoms with Crippen LogP contribution in [0.15, 0.2) is 0 Å². The van der Waals surface area contributed by atoms with Crippen LogP contribution >= 0.6 is 0 Å². The molecule has 0 spiro atoms. The molecule has 0 fully saturated rings. The van der Waals surface area contributed by atoms with Gasteiger partial charge in [0.25, 0.3) is 0 Å². The van der Waals surface area contributed by atoms with Crippen LogP contribution in [-0.4, -0.2) is 11.1 Å². The summed E-state index contributed by atoms with van der Waals surface area (Å²) in [7, 11) is 0. The lowest BCUT2D eigenvalue weighted by Crippen LogP contribution is -2.32. The molecule has 2 atom stereocenters. The second-order valence-corrected chi connectivity index (χ2v) is 5.22. The second-order valence-electron chi connectivity index (χ2n) is 5.22. The Labute approximate surface area is 94.1 Å². The molecule has 0 saturated carbocycles. The van der Waals surface area contributed by atoms with Gasteiger partial charge < -0.3 is 5.11 Å². The minimum Gasteiger partial charge on any atom is -0.481 e. The first-order valence-corrected chi connectivity index (χ1v) is 6.09. The summed E-state index contributed by atoms with van der Waals surface area (Å²) in [4.78, 5) is 11.2. The lowest BCUT2D eigenvalue weighted by atomic mass is 9.70. The Balaban J connectivity index is 4.54. The van der Waals surface area contributed by atoms with Crippen LogP contribution in [0.4, 0.5) is 0 Å². The van der Waals surface area contributed by atoms with Gasteiger partial charge >= 0.3 is 5.97 Å². The van der Waals surface area contributed by atoms with Crippen molar-refractivity contribution in [2.45, 2.75) is 60.3 Å².